The van der Waals surface area contributed by atoms with Gasteiger partial charge in [-0.05, 0) is 31.9 Å². The number of hydrogen-bond donors (Lipinski definition) is 2. The molecule has 0 unspecified atom stereocenters. The second-order valence-electron chi connectivity index (χ2n) is 5.13. The zero-order chi connectivity index (χ0) is 14.0. The van der Waals surface area contributed by atoms with Gasteiger partial charge in [0.05, 0.1) is 12.0 Å². The Morgan fingerprint density at radius 1 is 1.42 bits per heavy atom. The average Bonchev–Trinajstić information content (AvgIpc) is 2.87. The molecule has 0 saturated carbocycles. The highest BCUT2D eigenvalue weighted by Crippen LogP contribution is 2.31. The number of aliphatic carboxylic acids is 1. The van der Waals surface area contributed by atoms with Gasteiger partial charge in [-0.25, -0.2) is 0 Å². The van der Waals surface area contributed by atoms with Crippen molar-refractivity contribution >= 4 is 11.9 Å². The minimum Gasteiger partial charge on any atom is -0.481 e. The van der Waals surface area contributed by atoms with Gasteiger partial charge in [0.25, 0.3) is 5.91 Å². The van der Waals surface area contributed by atoms with E-state index in [9.17, 15) is 9.59 Å². The smallest absolute Gasteiger partial charge is 0.309 e. The van der Waals surface area contributed by atoms with E-state index in [2.05, 4.69) is 0 Å². The predicted molar refractivity (Wildman–Crippen MR) is 67.5 cm³/mol. The van der Waals surface area contributed by atoms with E-state index in [4.69, 9.17) is 15.3 Å². The first-order valence-corrected chi connectivity index (χ1v) is 6.28. The number of carbonyl (C=O) groups excluding carboxylic acids is 1. The Bertz CT molecular complexity index is 487. The summed E-state index contributed by atoms with van der Waals surface area (Å²) in [6.45, 7) is 2.83. The van der Waals surface area contributed by atoms with Crippen LogP contribution < -0.4 is 5.73 Å². The number of piperidine rings is 1. The van der Waals surface area contributed by atoms with Crippen LogP contribution in [0.5, 0.6) is 0 Å². The fraction of sp³-hybridized carbons (Fsp3) is 0.538. The van der Waals surface area contributed by atoms with E-state index in [1.165, 1.54) is 0 Å². The molecule has 0 atom stereocenters. The second kappa shape index (κ2) is 5.05. The first kappa shape index (κ1) is 13.6. The van der Waals surface area contributed by atoms with Crippen molar-refractivity contribution < 1.29 is 19.1 Å². The van der Waals surface area contributed by atoms with Crippen LogP contribution in [0.15, 0.2) is 16.5 Å². The molecule has 1 fully saturated rings. The number of carboxylic acid groups (broad SMARTS) is 1. The Morgan fingerprint density at radius 2 is 2.05 bits per heavy atom. The lowest BCUT2D eigenvalue weighted by Crippen LogP contribution is -2.45. The quantitative estimate of drug-likeness (QED) is 0.852. The highest BCUT2D eigenvalue weighted by Gasteiger charge is 2.38. The van der Waals surface area contributed by atoms with Crippen LogP contribution in [-0.4, -0.2) is 35.0 Å². The van der Waals surface area contributed by atoms with Crippen molar-refractivity contribution in [1.82, 2.24) is 4.90 Å². The average molecular weight is 266 g/mol. The van der Waals surface area contributed by atoms with E-state index >= 15 is 0 Å². The molecule has 0 spiro atoms. The summed E-state index contributed by atoms with van der Waals surface area (Å²) in [7, 11) is 0. The Balaban J connectivity index is 2.01. The SMILES string of the molecule is CC1(C(=O)O)CCN(C(=O)c2ccc(CN)o2)CC1. The number of nitrogens with zero attached hydrogens (tertiary/aromatic N) is 1. The fourth-order valence-corrected chi connectivity index (χ4v) is 2.18. The summed E-state index contributed by atoms with van der Waals surface area (Å²) in [6, 6.07) is 3.29. The molecule has 0 radical (unpaired) electrons. The van der Waals surface area contributed by atoms with Crippen molar-refractivity contribution in [2.45, 2.75) is 26.3 Å². The van der Waals surface area contributed by atoms with Crippen LogP contribution in [0.4, 0.5) is 0 Å². The van der Waals surface area contributed by atoms with Gasteiger partial charge in [0.15, 0.2) is 5.76 Å². The van der Waals surface area contributed by atoms with Crippen LogP contribution in [0.2, 0.25) is 0 Å². The molecule has 6 heteroatoms. The monoisotopic (exact) mass is 266 g/mol. The number of carboxylic acids is 1. The Morgan fingerprint density at radius 3 is 2.53 bits per heavy atom. The largest absolute Gasteiger partial charge is 0.481 e. The summed E-state index contributed by atoms with van der Waals surface area (Å²) >= 11 is 0. The molecule has 0 bridgehead atoms. The zero-order valence-corrected chi connectivity index (χ0v) is 10.9. The van der Waals surface area contributed by atoms with Crippen molar-refractivity contribution in [1.29, 1.82) is 0 Å². The number of furan rings is 1. The molecule has 0 aromatic carbocycles. The molecule has 1 aromatic heterocycles. The van der Waals surface area contributed by atoms with Gasteiger partial charge in [-0.15, -0.1) is 0 Å². The maximum atomic E-state index is 12.2. The molecule has 1 aliphatic heterocycles. The third-order valence-electron chi connectivity index (χ3n) is 3.74. The third kappa shape index (κ3) is 2.63. The maximum absolute atomic E-state index is 12.2. The molecular formula is C13H18N2O4. The molecule has 1 saturated heterocycles. The summed E-state index contributed by atoms with van der Waals surface area (Å²) in [4.78, 5) is 24.9. The van der Waals surface area contributed by atoms with Crippen LogP contribution in [0.25, 0.3) is 0 Å². The van der Waals surface area contributed by atoms with E-state index in [1.807, 2.05) is 0 Å². The third-order valence-corrected chi connectivity index (χ3v) is 3.74. The van der Waals surface area contributed by atoms with Crippen LogP contribution >= 0.6 is 0 Å². The van der Waals surface area contributed by atoms with Gasteiger partial charge in [0.1, 0.15) is 5.76 Å². The van der Waals surface area contributed by atoms with Gasteiger partial charge >= 0.3 is 5.97 Å². The van der Waals surface area contributed by atoms with Crippen molar-refractivity contribution in [2.24, 2.45) is 11.1 Å². The van der Waals surface area contributed by atoms with Crippen molar-refractivity contribution in [3.8, 4) is 0 Å². The van der Waals surface area contributed by atoms with Crippen molar-refractivity contribution in [2.75, 3.05) is 13.1 Å². The molecule has 0 aliphatic carbocycles. The predicted octanol–water partition coefficient (Wildman–Crippen LogP) is 1.07. The van der Waals surface area contributed by atoms with Gasteiger partial charge in [-0.1, -0.05) is 0 Å². The van der Waals surface area contributed by atoms with Gasteiger partial charge in [0, 0.05) is 13.1 Å². The standard InChI is InChI=1S/C13H18N2O4/c1-13(12(17)18)4-6-15(7-5-13)11(16)10-3-2-9(8-14)19-10/h2-3H,4-8,14H2,1H3,(H,17,18). The maximum Gasteiger partial charge on any atom is 0.309 e. The number of carbonyl (C=O) groups is 2. The summed E-state index contributed by atoms with van der Waals surface area (Å²) in [5.41, 5.74) is 4.69. The number of hydrogen-bond acceptors (Lipinski definition) is 4. The Hall–Kier alpha value is -1.82. The lowest BCUT2D eigenvalue weighted by molar-refractivity contribution is -0.150. The molecule has 19 heavy (non-hydrogen) atoms. The summed E-state index contributed by atoms with van der Waals surface area (Å²) in [5.74, 6) is -0.176. The molecule has 104 valence electrons. The van der Waals surface area contributed by atoms with Crippen LogP contribution in [-0.2, 0) is 11.3 Å². The molecule has 1 amide bonds. The summed E-state index contributed by atoms with van der Waals surface area (Å²) in [6.07, 6.45) is 0.914. The highest BCUT2D eigenvalue weighted by atomic mass is 16.4. The lowest BCUT2D eigenvalue weighted by atomic mass is 9.80. The Labute approximate surface area is 111 Å². The highest BCUT2D eigenvalue weighted by molar-refractivity contribution is 5.91. The first-order valence-electron chi connectivity index (χ1n) is 6.28. The molecule has 3 N–H and O–H groups in total. The van der Waals surface area contributed by atoms with Gasteiger partial charge in [-0.2, -0.15) is 0 Å². The van der Waals surface area contributed by atoms with Gasteiger partial charge in [-0.3, -0.25) is 9.59 Å². The van der Waals surface area contributed by atoms with Crippen LogP contribution in [0.1, 0.15) is 36.1 Å². The van der Waals surface area contributed by atoms with E-state index in [-0.39, 0.29) is 18.2 Å². The van der Waals surface area contributed by atoms with E-state index in [0.717, 1.165) is 0 Å². The zero-order valence-electron chi connectivity index (χ0n) is 10.9. The van der Waals surface area contributed by atoms with Crippen molar-refractivity contribution in [3.05, 3.63) is 23.7 Å². The molecular weight excluding hydrogens is 248 g/mol. The minimum absolute atomic E-state index is 0.202. The molecule has 2 heterocycles. The Kier molecular flexibility index (Phi) is 3.61. The summed E-state index contributed by atoms with van der Waals surface area (Å²) in [5, 5.41) is 9.14. The van der Waals surface area contributed by atoms with Gasteiger partial charge < -0.3 is 20.2 Å². The molecule has 1 aliphatic rings. The van der Waals surface area contributed by atoms with E-state index < -0.39 is 11.4 Å². The van der Waals surface area contributed by atoms with Crippen LogP contribution in [0.3, 0.4) is 0 Å². The topological polar surface area (TPSA) is 96.8 Å². The first-order chi connectivity index (χ1) is 8.96. The lowest BCUT2D eigenvalue weighted by Gasteiger charge is -2.36. The normalized spacial score (nSPS) is 18.3. The summed E-state index contributed by atoms with van der Waals surface area (Å²) < 4.78 is 5.31. The molecule has 2 rings (SSSR count). The van der Waals surface area contributed by atoms with E-state index in [1.54, 1.807) is 24.0 Å². The van der Waals surface area contributed by atoms with E-state index in [0.29, 0.717) is 31.7 Å². The minimum atomic E-state index is -0.803. The number of amides is 1. The second-order valence-corrected chi connectivity index (χ2v) is 5.13. The number of rotatable bonds is 3. The van der Waals surface area contributed by atoms with Crippen molar-refractivity contribution in [3.63, 3.8) is 0 Å². The van der Waals surface area contributed by atoms with Gasteiger partial charge in [0.2, 0.25) is 0 Å². The van der Waals surface area contributed by atoms with Crippen LogP contribution in [0, 0.1) is 5.41 Å². The molecule has 1 aromatic rings. The number of nitrogens with two attached hydrogens (primary N) is 1. The molecule has 6 nitrogen and oxygen atoms in total. The fourth-order valence-electron chi connectivity index (χ4n) is 2.18. The number of likely N-dealkylation sites (tertiary alicyclic amines) is 1.